The third-order valence-electron chi connectivity index (χ3n) is 4.02. The Morgan fingerprint density at radius 3 is 2.64 bits per heavy atom. The van der Waals surface area contributed by atoms with Gasteiger partial charge in [0.05, 0.1) is 12.3 Å². The second-order valence-corrected chi connectivity index (χ2v) is 6.66. The molecule has 0 spiro atoms. The molecular weight excluding hydrogens is 316 g/mol. The molecule has 0 fully saturated rings. The number of benzene rings is 1. The van der Waals surface area contributed by atoms with E-state index in [0.717, 1.165) is 10.9 Å². The lowest BCUT2D eigenvalue weighted by atomic mass is 9.93. The van der Waals surface area contributed by atoms with Crippen LogP contribution in [0, 0.1) is 5.92 Å². The van der Waals surface area contributed by atoms with Gasteiger partial charge in [0.25, 0.3) is 5.91 Å². The van der Waals surface area contributed by atoms with Crippen molar-refractivity contribution >= 4 is 22.5 Å². The molecule has 1 aromatic carbocycles. The lowest BCUT2D eigenvalue weighted by molar-refractivity contribution is -0.140. The highest BCUT2D eigenvalue weighted by Crippen LogP contribution is 2.31. The summed E-state index contributed by atoms with van der Waals surface area (Å²) in [6.45, 7) is 10.9. The van der Waals surface area contributed by atoms with Gasteiger partial charge < -0.3 is 14.8 Å². The first kappa shape index (κ1) is 19.2. The zero-order chi connectivity index (χ0) is 18.4. The molecule has 5 heteroatoms. The minimum Gasteiger partial charge on any atom is -0.492 e. The maximum Gasteiger partial charge on any atom is 0.256 e. The Morgan fingerprint density at radius 2 is 2.00 bits per heavy atom. The zero-order valence-electron chi connectivity index (χ0n) is 15.8. The number of amides is 1. The molecular formula is C20H28N2O3. The zero-order valence-corrected chi connectivity index (χ0v) is 15.8. The first-order chi connectivity index (χ1) is 11.9. The van der Waals surface area contributed by atoms with Gasteiger partial charge in [-0.3, -0.25) is 9.78 Å². The van der Waals surface area contributed by atoms with Crippen LogP contribution in [0.3, 0.4) is 0 Å². The SMILES string of the molecule is CCOc1ccc(NC(=O)[C@@](C)(CC(C)C)OCC)c2cccnc12. The number of aromatic nitrogens is 1. The van der Waals surface area contributed by atoms with Crippen LogP contribution in [-0.4, -0.2) is 29.7 Å². The van der Waals surface area contributed by atoms with Crippen molar-refractivity contribution in [1.82, 2.24) is 4.98 Å². The van der Waals surface area contributed by atoms with Crippen molar-refractivity contribution < 1.29 is 14.3 Å². The van der Waals surface area contributed by atoms with E-state index in [4.69, 9.17) is 9.47 Å². The normalized spacial score (nSPS) is 13.7. The molecule has 0 aliphatic heterocycles. The van der Waals surface area contributed by atoms with Crippen LogP contribution >= 0.6 is 0 Å². The standard InChI is InChI=1S/C20H28N2O3/c1-6-24-17-11-10-16(15-9-8-12-21-18(15)17)22-19(23)20(5,25-7-2)13-14(3)4/h8-12,14H,6-7,13H2,1-5H3,(H,22,23)/t20-/m1/s1. The molecule has 136 valence electrons. The third-order valence-corrected chi connectivity index (χ3v) is 4.02. The highest BCUT2D eigenvalue weighted by Gasteiger charge is 2.35. The third kappa shape index (κ3) is 4.48. The summed E-state index contributed by atoms with van der Waals surface area (Å²) in [5.41, 5.74) is 0.589. The monoisotopic (exact) mass is 344 g/mol. The van der Waals surface area contributed by atoms with E-state index in [2.05, 4.69) is 24.1 Å². The molecule has 0 aliphatic rings. The number of carbonyl (C=O) groups is 1. The number of nitrogens with zero attached hydrogens (tertiary/aromatic N) is 1. The van der Waals surface area contributed by atoms with E-state index in [0.29, 0.717) is 37.0 Å². The maximum atomic E-state index is 12.9. The Morgan fingerprint density at radius 1 is 1.24 bits per heavy atom. The van der Waals surface area contributed by atoms with Crippen LogP contribution in [0.1, 0.15) is 41.0 Å². The van der Waals surface area contributed by atoms with Crippen LogP contribution in [0.5, 0.6) is 5.75 Å². The summed E-state index contributed by atoms with van der Waals surface area (Å²) < 4.78 is 11.4. The van der Waals surface area contributed by atoms with Gasteiger partial charge in [0, 0.05) is 18.2 Å². The summed E-state index contributed by atoms with van der Waals surface area (Å²) in [5.74, 6) is 0.921. The predicted octanol–water partition coefficient (Wildman–Crippen LogP) is 4.41. The minimum atomic E-state index is -0.865. The van der Waals surface area contributed by atoms with Crippen molar-refractivity contribution in [2.45, 2.75) is 46.6 Å². The van der Waals surface area contributed by atoms with Crippen molar-refractivity contribution in [1.29, 1.82) is 0 Å². The molecule has 1 heterocycles. The molecule has 1 N–H and O–H groups in total. The predicted molar refractivity (Wildman–Crippen MR) is 101 cm³/mol. The Balaban J connectivity index is 2.36. The largest absolute Gasteiger partial charge is 0.492 e. The molecule has 0 radical (unpaired) electrons. The van der Waals surface area contributed by atoms with E-state index in [1.807, 2.05) is 45.0 Å². The van der Waals surface area contributed by atoms with Crippen molar-refractivity contribution in [2.24, 2.45) is 5.92 Å². The Hall–Kier alpha value is -2.14. The molecule has 0 saturated carbocycles. The maximum absolute atomic E-state index is 12.9. The number of nitrogens with one attached hydrogen (secondary N) is 1. The summed E-state index contributed by atoms with van der Waals surface area (Å²) >= 11 is 0. The van der Waals surface area contributed by atoms with Crippen molar-refractivity contribution in [3.8, 4) is 5.75 Å². The van der Waals surface area contributed by atoms with Gasteiger partial charge in [-0.2, -0.15) is 0 Å². The van der Waals surface area contributed by atoms with Gasteiger partial charge in [0.1, 0.15) is 16.9 Å². The average Bonchev–Trinajstić information content (AvgIpc) is 2.56. The second-order valence-electron chi connectivity index (χ2n) is 6.66. The molecule has 5 nitrogen and oxygen atoms in total. The first-order valence-corrected chi connectivity index (χ1v) is 8.87. The van der Waals surface area contributed by atoms with Crippen LogP contribution in [0.15, 0.2) is 30.5 Å². The van der Waals surface area contributed by atoms with Gasteiger partial charge in [-0.05, 0) is 57.4 Å². The molecule has 1 atom stereocenters. The Kier molecular flexibility index (Phi) is 6.37. The van der Waals surface area contributed by atoms with Crippen LogP contribution in [0.25, 0.3) is 10.9 Å². The number of hydrogen-bond donors (Lipinski definition) is 1. The fourth-order valence-electron chi connectivity index (χ4n) is 3.10. The number of pyridine rings is 1. The topological polar surface area (TPSA) is 60.5 Å². The highest BCUT2D eigenvalue weighted by atomic mass is 16.5. The van der Waals surface area contributed by atoms with E-state index in [1.54, 1.807) is 6.20 Å². The van der Waals surface area contributed by atoms with Crippen LogP contribution in [-0.2, 0) is 9.53 Å². The summed E-state index contributed by atoms with van der Waals surface area (Å²) in [7, 11) is 0. The summed E-state index contributed by atoms with van der Waals surface area (Å²) in [6, 6.07) is 7.48. The number of anilines is 1. The van der Waals surface area contributed by atoms with Crippen molar-refractivity contribution in [2.75, 3.05) is 18.5 Å². The molecule has 1 aromatic heterocycles. The molecule has 0 unspecified atom stereocenters. The van der Waals surface area contributed by atoms with Gasteiger partial charge in [0.2, 0.25) is 0 Å². The fourth-order valence-corrected chi connectivity index (χ4v) is 3.10. The van der Waals surface area contributed by atoms with Crippen LogP contribution in [0.2, 0.25) is 0 Å². The van der Waals surface area contributed by atoms with Crippen LogP contribution < -0.4 is 10.1 Å². The number of carbonyl (C=O) groups excluding carboxylic acids is 1. The second kappa shape index (κ2) is 8.30. The van der Waals surface area contributed by atoms with Gasteiger partial charge >= 0.3 is 0 Å². The lowest BCUT2D eigenvalue weighted by Crippen LogP contribution is -2.44. The van der Waals surface area contributed by atoms with E-state index < -0.39 is 5.60 Å². The van der Waals surface area contributed by atoms with Gasteiger partial charge in [0.15, 0.2) is 0 Å². The minimum absolute atomic E-state index is 0.141. The molecule has 2 aromatic rings. The van der Waals surface area contributed by atoms with E-state index in [-0.39, 0.29) is 5.91 Å². The molecule has 0 saturated heterocycles. The van der Waals surface area contributed by atoms with Gasteiger partial charge in [-0.1, -0.05) is 13.8 Å². The summed E-state index contributed by atoms with van der Waals surface area (Å²) in [5, 5.41) is 3.88. The fraction of sp³-hybridized carbons (Fsp3) is 0.500. The van der Waals surface area contributed by atoms with Crippen LogP contribution in [0.4, 0.5) is 5.69 Å². The van der Waals surface area contributed by atoms with Crippen molar-refractivity contribution in [3.63, 3.8) is 0 Å². The van der Waals surface area contributed by atoms with Crippen molar-refractivity contribution in [3.05, 3.63) is 30.5 Å². The molecule has 0 aliphatic carbocycles. The van der Waals surface area contributed by atoms with Gasteiger partial charge in [-0.15, -0.1) is 0 Å². The molecule has 0 bridgehead atoms. The highest BCUT2D eigenvalue weighted by molar-refractivity contribution is 6.05. The van der Waals surface area contributed by atoms with E-state index >= 15 is 0 Å². The number of fused-ring (bicyclic) bond motifs is 1. The molecule has 2 rings (SSSR count). The Labute approximate surface area is 149 Å². The Bertz CT molecular complexity index is 730. The average molecular weight is 344 g/mol. The van der Waals surface area contributed by atoms with E-state index in [9.17, 15) is 4.79 Å². The lowest BCUT2D eigenvalue weighted by Gasteiger charge is -2.30. The number of hydrogen-bond acceptors (Lipinski definition) is 4. The molecule has 25 heavy (non-hydrogen) atoms. The summed E-state index contributed by atoms with van der Waals surface area (Å²) in [4.78, 5) is 17.3. The quantitative estimate of drug-likeness (QED) is 0.770. The number of ether oxygens (including phenoxy) is 2. The first-order valence-electron chi connectivity index (χ1n) is 8.87. The number of rotatable bonds is 8. The molecule has 1 amide bonds. The smallest absolute Gasteiger partial charge is 0.256 e. The van der Waals surface area contributed by atoms with E-state index in [1.165, 1.54) is 0 Å². The summed E-state index contributed by atoms with van der Waals surface area (Å²) in [6.07, 6.45) is 2.37. The van der Waals surface area contributed by atoms with Gasteiger partial charge in [-0.25, -0.2) is 0 Å².